The van der Waals surface area contributed by atoms with Gasteiger partial charge in [0.25, 0.3) is 0 Å². The summed E-state index contributed by atoms with van der Waals surface area (Å²) in [5.74, 6) is -1.26. The maximum absolute atomic E-state index is 12.9. The van der Waals surface area contributed by atoms with Crippen molar-refractivity contribution in [3.8, 4) is 0 Å². The zero-order valence-electron chi connectivity index (χ0n) is 11.4. The van der Waals surface area contributed by atoms with Gasteiger partial charge in [-0.3, -0.25) is 4.79 Å². The van der Waals surface area contributed by atoms with Crippen molar-refractivity contribution < 1.29 is 23.5 Å². The molecule has 0 bridgehead atoms. The Morgan fingerprint density at radius 3 is 2.57 bits per heavy atom. The first kappa shape index (κ1) is 15.5. The summed E-state index contributed by atoms with van der Waals surface area (Å²) in [6.07, 6.45) is 0.0585. The van der Waals surface area contributed by atoms with E-state index < -0.39 is 11.8 Å². The number of benzene rings is 1. The molecule has 0 unspecified atom stereocenters. The van der Waals surface area contributed by atoms with Crippen LogP contribution in [0.15, 0.2) is 29.8 Å². The maximum atomic E-state index is 12.9. The van der Waals surface area contributed by atoms with Gasteiger partial charge in [-0.2, -0.15) is 0 Å². The number of esters is 2. The zero-order chi connectivity index (χ0) is 15.4. The van der Waals surface area contributed by atoms with Crippen LogP contribution in [0.2, 0.25) is 0 Å². The molecule has 1 aliphatic rings. The third-order valence-electron chi connectivity index (χ3n) is 3.01. The molecule has 0 radical (unpaired) electrons. The molecule has 1 aromatic rings. The molecule has 1 saturated heterocycles. The summed E-state index contributed by atoms with van der Waals surface area (Å²) >= 11 is 6.23. The van der Waals surface area contributed by atoms with Crippen molar-refractivity contribution in [1.29, 1.82) is 0 Å². The summed E-state index contributed by atoms with van der Waals surface area (Å²) in [4.78, 5) is 22.8. The van der Waals surface area contributed by atoms with Crippen molar-refractivity contribution in [3.63, 3.8) is 0 Å². The lowest BCUT2D eigenvalue weighted by Gasteiger charge is -2.26. The fourth-order valence-corrected chi connectivity index (χ4v) is 2.24. The number of hydrogen-bond donors (Lipinski definition) is 0. The topological polar surface area (TPSA) is 52.6 Å². The molecule has 0 N–H and O–H groups in total. The van der Waals surface area contributed by atoms with Crippen LogP contribution in [0.3, 0.4) is 0 Å². The number of carbonyl (C=O) groups excluding carboxylic acids is 2. The highest BCUT2D eigenvalue weighted by molar-refractivity contribution is 6.50. The van der Waals surface area contributed by atoms with E-state index in [4.69, 9.17) is 21.1 Å². The standard InChI is InChI=1S/C15H14ClFO4/c1-2-20-15(19)12(7-11-8-13(18)21-11)14(16)9-3-5-10(17)6-4-9/h3-6,11H,2,7-8H2,1H3/b14-12-/t11-/m1/s1. The normalized spacial score (nSPS) is 18.4. The molecule has 6 heteroatoms. The molecule has 112 valence electrons. The Balaban J connectivity index is 2.26. The van der Waals surface area contributed by atoms with Gasteiger partial charge in [0.1, 0.15) is 11.9 Å². The van der Waals surface area contributed by atoms with Gasteiger partial charge in [-0.05, 0) is 24.6 Å². The number of carbonyl (C=O) groups is 2. The Bertz CT molecular complexity index is 572. The lowest BCUT2D eigenvalue weighted by atomic mass is 10.00. The molecule has 0 spiro atoms. The van der Waals surface area contributed by atoms with Gasteiger partial charge in [0.2, 0.25) is 0 Å². The Morgan fingerprint density at radius 2 is 2.05 bits per heavy atom. The summed E-state index contributed by atoms with van der Waals surface area (Å²) in [5.41, 5.74) is 0.731. The van der Waals surface area contributed by atoms with Crippen LogP contribution in [0.4, 0.5) is 4.39 Å². The molecular weight excluding hydrogens is 299 g/mol. The Morgan fingerprint density at radius 1 is 1.43 bits per heavy atom. The number of hydrogen-bond acceptors (Lipinski definition) is 4. The summed E-state index contributed by atoms with van der Waals surface area (Å²) in [6.45, 7) is 1.89. The Kier molecular flexibility index (Phi) is 4.96. The molecule has 21 heavy (non-hydrogen) atoms. The average molecular weight is 313 g/mol. The van der Waals surface area contributed by atoms with Crippen LogP contribution in [0.25, 0.3) is 5.03 Å². The van der Waals surface area contributed by atoms with Crippen molar-refractivity contribution in [3.05, 3.63) is 41.2 Å². The van der Waals surface area contributed by atoms with E-state index in [9.17, 15) is 14.0 Å². The van der Waals surface area contributed by atoms with Gasteiger partial charge in [-0.15, -0.1) is 0 Å². The van der Waals surface area contributed by atoms with Crippen LogP contribution in [-0.4, -0.2) is 24.6 Å². The fraction of sp³-hybridized carbons (Fsp3) is 0.333. The van der Waals surface area contributed by atoms with E-state index in [0.29, 0.717) is 5.56 Å². The minimum Gasteiger partial charge on any atom is -0.463 e. The predicted molar refractivity (Wildman–Crippen MR) is 74.9 cm³/mol. The number of rotatable bonds is 5. The third-order valence-corrected chi connectivity index (χ3v) is 3.46. The largest absolute Gasteiger partial charge is 0.463 e. The van der Waals surface area contributed by atoms with E-state index in [1.165, 1.54) is 24.3 Å². The van der Waals surface area contributed by atoms with Crippen molar-refractivity contribution in [2.45, 2.75) is 25.9 Å². The molecule has 1 heterocycles. The molecule has 0 aliphatic carbocycles. The van der Waals surface area contributed by atoms with Gasteiger partial charge in [-0.1, -0.05) is 23.7 Å². The number of cyclic esters (lactones) is 1. The van der Waals surface area contributed by atoms with E-state index in [0.717, 1.165) is 0 Å². The van der Waals surface area contributed by atoms with E-state index in [1.807, 2.05) is 0 Å². The van der Waals surface area contributed by atoms with Gasteiger partial charge >= 0.3 is 11.9 Å². The minimum absolute atomic E-state index is 0.177. The third kappa shape index (κ3) is 3.82. The van der Waals surface area contributed by atoms with Gasteiger partial charge in [0.15, 0.2) is 0 Å². The Labute approximate surface area is 126 Å². The first-order valence-corrected chi connectivity index (χ1v) is 6.90. The number of ether oxygens (including phenoxy) is 2. The van der Waals surface area contributed by atoms with E-state index >= 15 is 0 Å². The highest BCUT2D eigenvalue weighted by Gasteiger charge is 2.32. The van der Waals surface area contributed by atoms with E-state index in [-0.39, 0.29) is 42.1 Å². The second-order valence-electron chi connectivity index (χ2n) is 4.54. The first-order chi connectivity index (χ1) is 10.0. The molecule has 1 fully saturated rings. The smallest absolute Gasteiger partial charge is 0.335 e. The van der Waals surface area contributed by atoms with Gasteiger partial charge < -0.3 is 9.47 Å². The Hall–Kier alpha value is -1.88. The fourth-order valence-electron chi connectivity index (χ4n) is 1.95. The lowest BCUT2D eigenvalue weighted by Crippen LogP contribution is -2.34. The van der Waals surface area contributed by atoms with Crippen molar-refractivity contribution in [2.24, 2.45) is 0 Å². The second-order valence-corrected chi connectivity index (χ2v) is 4.92. The second kappa shape index (κ2) is 6.72. The molecular formula is C15H14ClFO4. The summed E-state index contributed by atoms with van der Waals surface area (Å²) in [7, 11) is 0. The lowest BCUT2D eigenvalue weighted by molar-refractivity contribution is -0.169. The monoisotopic (exact) mass is 312 g/mol. The van der Waals surface area contributed by atoms with Crippen molar-refractivity contribution in [1.82, 2.24) is 0 Å². The van der Waals surface area contributed by atoms with E-state index in [1.54, 1.807) is 6.92 Å². The molecule has 1 atom stereocenters. The molecule has 4 nitrogen and oxygen atoms in total. The van der Waals surface area contributed by atoms with Crippen LogP contribution in [-0.2, 0) is 19.1 Å². The van der Waals surface area contributed by atoms with Crippen LogP contribution < -0.4 is 0 Å². The van der Waals surface area contributed by atoms with Crippen LogP contribution in [0, 0.1) is 5.82 Å². The van der Waals surface area contributed by atoms with Crippen LogP contribution >= 0.6 is 11.6 Å². The quantitative estimate of drug-likeness (QED) is 0.619. The molecule has 0 saturated carbocycles. The minimum atomic E-state index is -0.560. The van der Waals surface area contributed by atoms with Gasteiger partial charge in [-0.25, -0.2) is 9.18 Å². The summed E-state index contributed by atoms with van der Waals surface area (Å²) in [6, 6.07) is 5.46. The highest BCUT2D eigenvalue weighted by Crippen LogP contribution is 2.30. The summed E-state index contributed by atoms with van der Waals surface area (Å²) in [5, 5.41) is 0.177. The summed E-state index contributed by atoms with van der Waals surface area (Å²) < 4.78 is 22.8. The number of halogens is 2. The van der Waals surface area contributed by atoms with Gasteiger partial charge in [0.05, 0.1) is 23.6 Å². The van der Waals surface area contributed by atoms with Crippen molar-refractivity contribution in [2.75, 3.05) is 6.61 Å². The first-order valence-electron chi connectivity index (χ1n) is 6.52. The molecule has 1 aromatic carbocycles. The maximum Gasteiger partial charge on any atom is 0.335 e. The van der Waals surface area contributed by atoms with Crippen LogP contribution in [0.5, 0.6) is 0 Å². The molecule has 2 rings (SSSR count). The molecule has 0 amide bonds. The highest BCUT2D eigenvalue weighted by atomic mass is 35.5. The van der Waals surface area contributed by atoms with Crippen molar-refractivity contribution >= 4 is 28.6 Å². The molecule has 1 aliphatic heterocycles. The predicted octanol–water partition coefficient (Wildman–Crippen LogP) is 3.04. The molecule has 0 aromatic heterocycles. The SMILES string of the molecule is CCOC(=O)/C(C[C@@H]1CC(=O)O1)=C(\Cl)c1ccc(F)cc1. The van der Waals surface area contributed by atoms with E-state index in [2.05, 4.69) is 0 Å². The average Bonchev–Trinajstić information content (AvgIpc) is 2.42. The van der Waals surface area contributed by atoms with Crippen LogP contribution in [0.1, 0.15) is 25.3 Å². The van der Waals surface area contributed by atoms with Gasteiger partial charge in [0, 0.05) is 6.42 Å². The zero-order valence-corrected chi connectivity index (χ0v) is 12.2.